The molecule has 0 aliphatic carbocycles. The van der Waals surface area contributed by atoms with Gasteiger partial charge in [0, 0.05) is 33.3 Å². The van der Waals surface area contributed by atoms with E-state index in [1.165, 1.54) is 13.2 Å². The summed E-state index contributed by atoms with van der Waals surface area (Å²) in [6, 6.07) is 4.28. The van der Waals surface area contributed by atoms with Crippen molar-refractivity contribution >= 4 is 11.8 Å². The Labute approximate surface area is 149 Å². The molecule has 2 amide bonds. The number of carbonyl (C=O) groups excluding carboxylic acids is 2. The highest BCUT2D eigenvalue weighted by Crippen LogP contribution is 2.30. The molecule has 1 heterocycles. The monoisotopic (exact) mass is 373 g/mol. The fourth-order valence-corrected chi connectivity index (χ4v) is 2.79. The molecule has 1 saturated heterocycles. The summed E-state index contributed by atoms with van der Waals surface area (Å²) in [4.78, 5) is 25.9. The quantitative estimate of drug-likeness (QED) is 0.704. The van der Waals surface area contributed by atoms with E-state index in [1.807, 2.05) is 0 Å². The van der Waals surface area contributed by atoms with E-state index in [4.69, 9.17) is 4.74 Å². The van der Waals surface area contributed by atoms with Crippen molar-refractivity contribution in [3.63, 3.8) is 0 Å². The lowest BCUT2D eigenvalue weighted by molar-refractivity contribution is -0.137. The Morgan fingerprint density at radius 3 is 2.88 bits per heavy atom. The van der Waals surface area contributed by atoms with Crippen LogP contribution in [0.1, 0.15) is 17.5 Å². The molecular weight excluding hydrogens is 351 g/mol. The third-order valence-corrected chi connectivity index (χ3v) is 4.09. The number of rotatable bonds is 7. The van der Waals surface area contributed by atoms with Crippen LogP contribution in [0.25, 0.3) is 0 Å². The topological polar surface area (TPSA) is 70.7 Å². The molecule has 0 aromatic heterocycles. The molecule has 2 rings (SSSR count). The highest BCUT2D eigenvalue weighted by molar-refractivity contribution is 5.88. The van der Waals surface area contributed by atoms with Crippen LogP contribution in [0.4, 0.5) is 13.2 Å². The Bertz CT molecular complexity index is 637. The largest absolute Gasteiger partial charge is 0.416 e. The first kappa shape index (κ1) is 20.2. The van der Waals surface area contributed by atoms with Gasteiger partial charge in [-0.15, -0.1) is 0 Å². The number of ether oxygens (including phenoxy) is 1. The highest BCUT2D eigenvalue weighted by Gasteiger charge is 2.33. The van der Waals surface area contributed by atoms with Crippen LogP contribution in [0.3, 0.4) is 0 Å². The van der Waals surface area contributed by atoms with Gasteiger partial charge in [-0.2, -0.15) is 13.2 Å². The third kappa shape index (κ3) is 5.70. The van der Waals surface area contributed by atoms with E-state index in [0.717, 1.165) is 12.1 Å². The van der Waals surface area contributed by atoms with Gasteiger partial charge in [-0.1, -0.05) is 18.2 Å². The molecule has 26 heavy (non-hydrogen) atoms. The van der Waals surface area contributed by atoms with Crippen LogP contribution >= 0.6 is 0 Å². The van der Waals surface area contributed by atoms with Crippen molar-refractivity contribution in [3.05, 3.63) is 35.4 Å². The number of piperazine rings is 1. The maximum absolute atomic E-state index is 12.9. The molecule has 1 unspecified atom stereocenters. The van der Waals surface area contributed by atoms with Gasteiger partial charge >= 0.3 is 6.18 Å². The van der Waals surface area contributed by atoms with Crippen LogP contribution in [0, 0.1) is 0 Å². The van der Waals surface area contributed by atoms with Crippen molar-refractivity contribution in [2.45, 2.75) is 25.2 Å². The number of nitrogens with zero attached hydrogens (tertiary/aromatic N) is 1. The van der Waals surface area contributed by atoms with Gasteiger partial charge in [0.15, 0.2) is 0 Å². The lowest BCUT2D eigenvalue weighted by atomic mass is 10.1. The van der Waals surface area contributed by atoms with Gasteiger partial charge in [0.2, 0.25) is 11.8 Å². The second kappa shape index (κ2) is 9.00. The Morgan fingerprint density at radius 1 is 1.42 bits per heavy atom. The predicted molar refractivity (Wildman–Crippen MR) is 88.2 cm³/mol. The molecule has 1 aromatic rings. The molecule has 1 fully saturated rings. The van der Waals surface area contributed by atoms with Crippen molar-refractivity contribution in [1.82, 2.24) is 15.5 Å². The number of carbonyl (C=O) groups is 2. The summed E-state index contributed by atoms with van der Waals surface area (Å²) in [5.74, 6) is -0.608. The van der Waals surface area contributed by atoms with Crippen LogP contribution in [-0.4, -0.2) is 56.1 Å². The molecule has 1 aliphatic rings. The van der Waals surface area contributed by atoms with Gasteiger partial charge in [-0.25, -0.2) is 0 Å². The summed E-state index contributed by atoms with van der Waals surface area (Å²) < 4.78 is 43.4. The highest BCUT2D eigenvalue weighted by atomic mass is 19.4. The van der Waals surface area contributed by atoms with Gasteiger partial charge in [0.25, 0.3) is 0 Å². The van der Waals surface area contributed by atoms with E-state index in [9.17, 15) is 22.8 Å². The van der Waals surface area contributed by atoms with Gasteiger partial charge in [-0.05, 0) is 11.6 Å². The zero-order valence-electron chi connectivity index (χ0n) is 14.4. The van der Waals surface area contributed by atoms with Crippen molar-refractivity contribution in [1.29, 1.82) is 0 Å². The van der Waals surface area contributed by atoms with Crippen LogP contribution < -0.4 is 10.6 Å². The summed E-state index contributed by atoms with van der Waals surface area (Å²) in [5.41, 5.74) is -0.287. The summed E-state index contributed by atoms with van der Waals surface area (Å²) in [5, 5.41) is 5.34. The molecule has 0 saturated carbocycles. The first-order valence-electron chi connectivity index (χ1n) is 8.25. The fraction of sp³-hybridized carbons (Fsp3) is 0.529. The van der Waals surface area contributed by atoms with Crippen LogP contribution in [-0.2, 0) is 27.0 Å². The van der Waals surface area contributed by atoms with Gasteiger partial charge in [0.05, 0.1) is 24.6 Å². The number of amides is 2. The summed E-state index contributed by atoms with van der Waals surface area (Å²) in [6.07, 6.45) is -4.48. The lowest BCUT2D eigenvalue weighted by Gasteiger charge is -2.34. The van der Waals surface area contributed by atoms with E-state index in [-0.39, 0.29) is 24.8 Å². The van der Waals surface area contributed by atoms with E-state index < -0.39 is 17.8 Å². The molecule has 1 aromatic carbocycles. The predicted octanol–water partition coefficient (Wildman–Crippen LogP) is 1.16. The van der Waals surface area contributed by atoms with E-state index >= 15 is 0 Å². The van der Waals surface area contributed by atoms with Gasteiger partial charge in [-0.3, -0.25) is 14.5 Å². The summed E-state index contributed by atoms with van der Waals surface area (Å²) in [6.45, 7) is 1.69. The number of nitrogens with one attached hydrogen (secondary N) is 2. The molecule has 0 radical (unpaired) electrons. The second-order valence-corrected chi connectivity index (χ2v) is 6.02. The van der Waals surface area contributed by atoms with Crippen molar-refractivity contribution in [3.8, 4) is 0 Å². The Morgan fingerprint density at radius 2 is 2.19 bits per heavy atom. The molecule has 9 heteroatoms. The molecule has 6 nitrogen and oxygen atoms in total. The standard InChI is InChI=1S/C17H22F3N3O3/c1-26-8-6-21-15(24)10-14-16(25)22-5-7-23(14)11-12-3-2-4-13(9-12)17(18,19)20/h2-4,9,14H,5-8,10-11H2,1H3,(H,21,24)(H,22,25). The molecule has 0 spiro atoms. The average molecular weight is 373 g/mol. The minimum atomic E-state index is -4.42. The fourth-order valence-electron chi connectivity index (χ4n) is 2.79. The van der Waals surface area contributed by atoms with Gasteiger partial charge < -0.3 is 15.4 Å². The number of halogens is 3. The summed E-state index contributed by atoms with van der Waals surface area (Å²) in [7, 11) is 1.51. The minimum absolute atomic E-state index is 0.0610. The smallest absolute Gasteiger partial charge is 0.383 e. The van der Waals surface area contributed by atoms with Gasteiger partial charge in [0.1, 0.15) is 0 Å². The number of hydrogen-bond acceptors (Lipinski definition) is 4. The molecular formula is C17H22F3N3O3. The van der Waals surface area contributed by atoms with Crippen LogP contribution in [0.2, 0.25) is 0 Å². The molecule has 1 atom stereocenters. The van der Waals surface area contributed by atoms with E-state index in [0.29, 0.717) is 31.8 Å². The molecule has 2 N–H and O–H groups in total. The first-order valence-corrected chi connectivity index (χ1v) is 8.25. The normalized spacial score (nSPS) is 18.5. The van der Waals surface area contributed by atoms with Crippen molar-refractivity contribution < 1.29 is 27.5 Å². The maximum atomic E-state index is 12.9. The maximum Gasteiger partial charge on any atom is 0.416 e. The average Bonchev–Trinajstić information content (AvgIpc) is 2.58. The number of methoxy groups -OCH3 is 1. The summed E-state index contributed by atoms with van der Waals surface area (Å²) >= 11 is 0. The lowest BCUT2D eigenvalue weighted by Crippen LogP contribution is -2.56. The molecule has 144 valence electrons. The zero-order valence-corrected chi connectivity index (χ0v) is 14.4. The number of benzene rings is 1. The Balaban J connectivity index is 2.05. The van der Waals surface area contributed by atoms with E-state index in [1.54, 1.807) is 11.0 Å². The number of hydrogen-bond donors (Lipinski definition) is 2. The zero-order chi connectivity index (χ0) is 19.2. The third-order valence-electron chi connectivity index (χ3n) is 4.09. The molecule has 1 aliphatic heterocycles. The van der Waals surface area contributed by atoms with Crippen molar-refractivity contribution in [2.24, 2.45) is 0 Å². The van der Waals surface area contributed by atoms with E-state index in [2.05, 4.69) is 10.6 Å². The Hall–Kier alpha value is -2.13. The van der Waals surface area contributed by atoms with Crippen molar-refractivity contribution in [2.75, 3.05) is 33.4 Å². The van der Waals surface area contributed by atoms with Crippen LogP contribution in [0.15, 0.2) is 24.3 Å². The van der Waals surface area contributed by atoms with Crippen LogP contribution in [0.5, 0.6) is 0 Å². The number of alkyl halides is 3. The Kier molecular flexibility index (Phi) is 6.98. The first-order chi connectivity index (χ1) is 12.3. The SMILES string of the molecule is COCCNC(=O)CC1C(=O)NCCN1Cc1cccc(C(F)(F)F)c1. The minimum Gasteiger partial charge on any atom is -0.383 e. The second-order valence-electron chi connectivity index (χ2n) is 6.02. The molecule has 0 bridgehead atoms.